The number of benzene rings is 3. The fourth-order valence-corrected chi connectivity index (χ4v) is 2.85. The van der Waals surface area contributed by atoms with Crippen LogP contribution < -0.4 is 10.1 Å². The van der Waals surface area contributed by atoms with Gasteiger partial charge in [-0.1, -0.05) is 18.2 Å². The number of halogens is 1. The minimum absolute atomic E-state index is 0.127. The number of likely N-dealkylation sites (N-methyl/N-ethyl adjacent to an activating group) is 1. The zero-order valence-corrected chi connectivity index (χ0v) is 15.7. The summed E-state index contributed by atoms with van der Waals surface area (Å²) in [5.41, 5.74) is 1.29. The van der Waals surface area contributed by atoms with Crippen molar-refractivity contribution in [1.82, 2.24) is 10.2 Å². The van der Waals surface area contributed by atoms with E-state index in [0.29, 0.717) is 12.1 Å². The summed E-state index contributed by atoms with van der Waals surface area (Å²) < 4.78 is 18.1. The van der Waals surface area contributed by atoms with Gasteiger partial charge in [0.1, 0.15) is 11.6 Å². The van der Waals surface area contributed by atoms with E-state index in [1.54, 1.807) is 19.1 Å². The molecular weight excluding hydrogens is 359 g/mol. The van der Waals surface area contributed by atoms with E-state index in [0.717, 1.165) is 22.1 Å². The number of rotatable bonds is 6. The Morgan fingerprint density at radius 1 is 1.00 bits per heavy atom. The predicted octanol–water partition coefficient (Wildman–Crippen LogP) is 3.38. The van der Waals surface area contributed by atoms with E-state index in [4.69, 9.17) is 4.74 Å². The van der Waals surface area contributed by atoms with E-state index >= 15 is 0 Å². The Labute approximate surface area is 162 Å². The summed E-state index contributed by atoms with van der Waals surface area (Å²) in [7, 11) is 3.32. The third kappa shape index (κ3) is 4.65. The van der Waals surface area contributed by atoms with Crippen molar-refractivity contribution in [3.8, 4) is 5.75 Å². The third-order valence-electron chi connectivity index (χ3n) is 4.46. The lowest BCUT2D eigenvalue weighted by Gasteiger charge is -2.18. The first-order chi connectivity index (χ1) is 13.5. The fraction of sp³-hybridized carbons (Fsp3) is 0.182. The highest BCUT2D eigenvalue weighted by Crippen LogP contribution is 2.22. The number of methoxy groups -OCH3 is 1. The van der Waals surface area contributed by atoms with Crippen LogP contribution >= 0.6 is 0 Å². The predicted molar refractivity (Wildman–Crippen MR) is 106 cm³/mol. The number of ether oxygens (including phenoxy) is 1. The Kier molecular flexibility index (Phi) is 5.89. The molecule has 0 unspecified atom stereocenters. The first-order valence-corrected chi connectivity index (χ1v) is 8.80. The summed E-state index contributed by atoms with van der Waals surface area (Å²) in [5, 5.41) is 4.68. The lowest BCUT2D eigenvalue weighted by atomic mass is 10.1. The first kappa shape index (κ1) is 19.4. The molecule has 0 bridgehead atoms. The van der Waals surface area contributed by atoms with E-state index < -0.39 is 11.7 Å². The molecule has 28 heavy (non-hydrogen) atoms. The monoisotopic (exact) mass is 380 g/mol. The second-order valence-electron chi connectivity index (χ2n) is 6.49. The van der Waals surface area contributed by atoms with Gasteiger partial charge in [-0.25, -0.2) is 4.39 Å². The van der Waals surface area contributed by atoms with Crippen LogP contribution in [0.4, 0.5) is 4.39 Å². The van der Waals surface area contributed by atoms with Crippen molar-refractivity contribution in [1.29, 1.82) is 0 Å². The second kappa shape index (κ2) is 8.52. The molecule has 0 heterocycles. The zero-order valence-electron chi connectivity index (χ0n) is 15.7. The Hall–Kier alpha value is -3.41. The quantitative estimate of drug-likeness (QED) is 0.713. The van der Waals surface area contributed by atoms with Gasteiger partial charge in [0, 0.05) is 19.2 Å². The van der Waals surface area contributed by atoms with Crippen LogP contribution in [0.1, 0.15) is 15.9 Å². The van der Waals surface area contributed by atoms with Crippen molar-refractivity contribution < 1.29 is 18.7 Å². The van der Waals surface area contributed by atoms with Gasteiger partial charge in [-0.2, -0.15) is 0 Å². The number of carbonyl (C=O) groups is 2. The largest absolute Gasteiger partial charge is 0.497 e. The molecule has 0 aliphatic rings. The molecule has 6 heteroatoms. The molecule has 144 valence electrons. The molecule has 3 aromatic rings. The topological polar surface area (TPSA) is 58.6 Å². The normalized spacial score (nSPS) is 10.5. The van der Waals surface area contributed by atoms with Gasteiger partial charge < -0.3 is 15.0 Å². The van der Waals surface area contributed by atoms with Crippen molar-refractivity contribution in [2.24, 2.45) is 0 Å². The summed E-state index contributed by atoms with van der Waals surface area (Å²) in [6, 6.07) is 17.0. The molecule has 0 aliphatic heterocycles. The van der Waals surface area contributed by atoms with Gasteiger partial charge in [0.2, 0.25) is 5.91 Å². The number of nitrogens with zero attached hydrogens (tertiary/aromatic N) is 1. The Balaban J connectivity index is 1.58. The van der Waals surface area contributed by atoms with E-state index in [-0.39, 0.29) is 12.5 Å². The number of carbonyl (C=O) groups excluding carboxylic acids is 2. The number of nitrogens with one attached hydrogen (secondary N) is 1. The SMILES string of the molecule is COc1ccc2cc(CN(C)C(=O)CNC(=O)c3ccc(F)cc3)ccc2c1. The van der Waals surface area contributed by atoms with Crippen LogP contribution in [-0.2, 0) is 11.3 Å². The molecule has 0 spiro atoms. The molecule has 0 aromatic heterocycles. The molecule has 5 nitrogen and oxygen atoms in total. The highest BCUT2D eigenvalue weighted by molar-refractivity contribution is 5.96. The minimum Gasteiger partial charge on any atom is -0.497 e. The van der Waals surface area contributed by atoms with Crippen molar-refractivity contribution >= 4 is 22.6 Å². The number of fused-ring (bicyclic) bond motifs is 1. The maximum Gasteiger partial charge on any atom is 0.251 e. The minimum atomic E-state index is -0.416. The third-order valence-corrected chi connectivity index (χ3v) is 4.46. The van der Waals surface area contributed by atoms with Crippen LogP contribution in [0.25, 0.3) is 10.8 Å². The second-order valence-corrected chi connectivity index (χ2v) is 6.49. The number of hydrogen-bond donors (Lipinski definition) is 1. The van der Waals surface area contributed by atoms with Crippen LogP contribution in [-0.4, -0.2) is 37.4 Å². The molecule has 3 rings (SSSR count). The first-order valence-electron chi connectivity index (χ1n) is 8.80. The van der Waals surface area contributed by atoms with Crippen LogP contribution in [0, 0.1) is 5.82 Å². The molecule has 0 aliphatic carbocycles. The molecule has 0 saturated carbocycles. The number of hydrogen-bond acceptors (Lipinski definition) is 3. The summed E-state index contributed by atoms with van der Waals surface area (Å²) in [4.78, 5) is 25.9. The highest BCUT2D eigenvalue weighted by atomic mass is 19.1. The summed E-state index contributed by atoms with van der Waals surface area (Å²) in [5.74, 6) is -0.252. The molecule has 0 radical (unpaired) electrons. The van der Waals surface area contributed by atoms with E-state index in [2.05, 4.69) is 5.32 Å². The molecule has 0 fully saturated rings. The van der Waals surface area contributed by atoms with E-state index in [9.17, 15) is 14.0 Å². The molecule has 0 atom stereocenters. The van der Waals surface area contributed by atoms with Gasteiger partial charge in [0.15, 0.2) is 0 Å². The molecule has 1 N–H and O–H groups in total. The Morgan fingerprint density at radius 3 is 2.39 bits per heavy atom. The Bertz CT molecular complexity index is 1000. The maximum atomic E-state index is 12.9. The van der Waals surface area contributed by atoms with Crippen LogP contribution in [0.3, 0.4) is 0 Å². The van der Waals surface area contributed by atoms with Crippen molar-refractivity contribution in [2.75, 3.05) is 20.7 Å². The van der Waals surface area contributed by atoms with E-state index in [1.807, 2.05) is 36.4 Å². The van der Waals surface area contributed by atoms with E-state index in [1.165, 1.54) is 24.3 Å². The molecule has 3 aromatic carbocycles. The van der Waals surface area contributed by atoms with Gasteiger partial charge >= 0.3 is 0 Å². The standard InChI is InChI=1S/C22H21FN2O3/c1-25(21(26)13-24-22(27)16-5-8-19(23)9-6-16)14-15-3-4-18-12-20(28-2)10-7-17(18)11-15/h3-12H,13-14H2,1-2H3,(H,24,27). The lowest BCUT2D eigenvalue weighted by Crippen LogP contribution is -2.37. The highest BCUT2D eigenvalue weighted by Gasteiger charge is 2.12. The van der Waals surface area contributed by atoms with Gasteiger partial charge in [-0.05, 0) is 58.8 Å². The molecular formula is C22H21FN2O3. The van der Waals surface area contributed by atoms with Crippen molar-refractivity contribution in [3.63, 3.8) is 0 Å². The zero-order chi connectivity index (χ0) is 20.1. The maximum absolute atomic E-state index is 12.9. The van der Waals surface area contributed by atoms with Gasteiger partial charge in [-0.3, -0.25) is 9.59 Å². The molecule has 2 amide bonds. The molecule has 0 saturated heterocycles. The van der Waals surface area contributed by atoms with Gasteiger partial charge in [0.25, 0.3) is 5.91 Å². The number of amides is 2. The summed E-state index contributed by atoms with van der Waals surface area (Å²) in [6.07, 6.45) is 0. The summed E-state index contributed by atoms with van der Waals surface area (Å²) >= 11 is 0. The van der Waals surface area contributed by atoms with Crippen LogP contribution in [0.5, 0.6) is 5.75 Å². The summed E-state index contributed by atoms with van der Waals surface area (Å²) in [6.45, 7) is 0.296. The van der Waals surface area contributed by atoms with Gasteiger partial charge in [-0.15, -0.1) is 0 Å². The average Bonchev–Trinajstić information content (AvgIpc) is 2.71. The fourth-order valence-electron chi connectivity index (χ4n) is 2.85. The van der Waals surface area contributed by atoms with Gasteiger partial charge in [0.05, 0.1) is 13.7 Å². The average molecular weight is 380 g/mol. The lowest BCUT2D eigenvalue weighted by molar-refractivity contribution is -0.129. The smallest absolute Gasteiger partial charge is 0.251 e. The Morgan fingerprint density at radius 2 is 1.68 bits per heavy atom. The van der Waals surface area contributed by atoms with Crippen molar-refractivity contribution in [3.05, 3.63) is 77.6 Å². The van der Waals surface area contributed by atoms with Crippen LogP contribution in [0.15, 0.2) is 60.7 Å². The van der Waals surface area contributed by atoms with Crippen LogP contribution in [0.2, 0.25) is 0 Å². The van der Waals surface area contributed by atoms with Crippen molar-refractivity contribution in [2.45, 2.75) is 6.54 Å².